The van der Waals surface area contributed by atoms with Crippen LogP contribution in [-0.2, 0) is 11.3 Å². The topological polar surface area (TPSA) is 145 Å². The van der Waals surface area contributed by atoms with Crippen LogP contribution in [0.25, 0.3) is 0 Å². The molecule has 1 aliphatic heterocycles. The van der Waals surface area contributed by atoms with Gasteiger partial charge in [-0.05, 0) is 31.4 Å². The van der Waals surface area contributed by atoms with Gasteiger partial charge in [-0.25, -0.2) is 0 Å². The van der Waals surface area contributed by atoms with E-state index in [0.717, 1.165) is 11.0 Å². The zero-order valence-electron chi connectivity index (χ0n) is 16.2. The number of nitro benzene ring substituents is 1. The number of benzene rings is 1. The fourth-order valence-electron chi connectivity index (χ4n) is 3.39. The van der Waals surface area contributed by atoms with Gasteiger partial charge < -0.3 is 14.6 Å². The molecule has 1 aromatic heterocycles. The molecular formula is C20H19N3O7. The summed E-state index contributed by atoms with van der Waals surface area (Å²) in [6.45, 7) is 1.30. The zero-order chi connectivity index (χ0) is 21.8. The van der Waals surface area contributed by atoms with E-state index in [1.165, 1.54) is 31.2 Å². The van der Waals surface area contributed by atoms with Crippen molar-refractivity contribution >= 4 is 11.5 Å². The first-order chi connectivity index (χ1) is 14.3. The van der Waals surface area contributed by atoms with Crippen LogP contribution < -0.4 is 10.3 Å². The molecule has 0 saturated carbocycles. The van der Waals surface area contributed by atoms with Crippen molar-refractivity contribution in [3.63, 3.8) is 0 Å². The largest absolute Gasteiger partial charge is 0.494 e. The smallest absolute Gasteiger partial charge is 0.310 e. The van der Waals surface area contributed by atoms with Crippen LogP contribution in [0.15, 0.2) is 29.1 Å². The van der Waals surface area contributed by atoms with E-state index in [0.29, 0.717) is 13.0 Å². The number of aromatic hydroxyl groups is 1. The van der Waals surface area contributed by atoms with Crippen molar-refractivity contribution in [3.05, 3.63) is 61.4 Å². The summed E-state index contributed by atoms with van der Waals surface area (Å²) in [4.78, 5) is 35.9. The SMILES string of the molecule is Cc1c(C(=O)COc2ccccc2[N+](=O)[O-])c(O)n(CC2CCCO2)c(=O)c1C#N. The summed E-state index contributed by atoms with van der Waals surface area (Å²) in [7, 11) is 0. The molecule has 1 unspecified atom stereocenters. The lowest BCUT2D eigenvalue weighted by atomic mass is 10.0. The predicted octanol–water partition coefficient (Wildman–Crippen LogP) is 2.08. The summed E-state index contributed by atoms with van der Waals surface area (Å²) in [5, 5.41) is 31.1. The molecule has 10 nitrogen and oxygen atoms in total. The van der Waals surface area contributed by atoms with Gasteiger partial charge in [0.05, 0.1) is 23.1 Å². The lowest BCUT2D eigenvalue weighted by molar-refractivity contribution is -0.385. The maximum Gasteiger partial charge on any atom is 0.310 e. The Hall–Kier alpha value is -3.71. The third kappa shape index (κ3) is 4.01. The van der Waals surface area contributed by atoms with Crippen molar-refractivity contribution < 1.29 is 24.3 Å². The zero-order valence-corrected chi connectivity index (χ0v) is 16.2. The Bertz CT molecular complexity index is 1090. The number of para-hydroxylation sites is 2. The van der Waals surface area contributed by atoms with E-state index in [9.17, 15) is 30.1 Å². The van der Waals surface area contributed by atoms with Crippen LogP contribution >= 0.6 is 0 Å². The maximum absolute atomic E-state index is 12.8. The molecule has 1 atom stereocenters. The Labute approximate surface area is 171 Å². The van der Waals surface area contributed by atoms with Crippen LogP contribution in [-0.4, -0.2) is 39.7 Å². The standard InChI is InChI=1S/C20H19N3O7/c1-12-14(9-21)19(25)22(10-13-5-4-8-29-13)20(26)18(12)16(24)11-30-17-7-3-2-6-15(17)23(27)28/h2-3,6-7,13,26H,4-5,8,10-11H2,1H3. The molecule has 2 heterocycles. The van der Waals surface area contributed by atoms with Crippen molar-refractivity contribution in [2.75, 3.05) is 13.2 Å². The summed E-state index contributed by atoms with van der Waals surface area (Å²) in [6, 6.07) is 7.34. The number of nitrogens with zero attached hydrogens (tertiary/aromatic N) is 3. The number of pyridine rings is 1. The van der Waals surface area contributed by atoms with Gasteiger partial charge in [-0.2, -0.15) is 5.26 Å². The lowest BCUT2D eigenvalue weighted by Crippen LogP contribution is -2.31. The van der Waals surface area contributed by atoms with Gasteiger partial charge in [-0.1, -0.05) is 12.1 Å². The molecule has 156 valence electrons. The molecule has 0 bridgehead atoms. The molecular weight excluding hydrogens is 394 g/mol. The second-order valence-corrected chi connectivity index (χ2v) is 6.80. The highest BCUT2D eigenvalue weighted by Gasteiger charge is 2.27. The van der Waals surface area contributed by atoms with Crippen LogP contribution in [0.4, 0.5) is 5.69 Å². The number of ketones is 1. The number of carbonyl (C=O) groups is 1. The normalized spacial score (nSPS) is 15.5. The van der Waals surface area contributed by atoms with Gasteiger partial charge in [0.2, 0.25) is 11.7 Å². The molecule has 30 heavy (non-hydrogen) atoms. The number of aromatic nitrogens is 1. The van der Waals surface area contributed by atoms with Gasteiger partial charge in [-0.15, -0.1) is 0 Å². The van der Waals surface area contributed by atoms with E-state index in [1.807, 2.05) is 0 Å². The molecule has 1 aliphatic rings. The van der Waals surface area contributed by atoms with E-state index >= 15 is 0 Å². The number of nitriles is 1. The van der Waals surface area contributed by atoms with Gasteiger partial charge in [0, 0.05) is 12.7 Å². The molecule has 1 fully saturated rings. The van der Waals surface area contributed by atoms with Crippen molar-refractivity contribution in [1.29, 1.82) is 5.26 Å². The summed E-state index contributed by atoms with van der Waals surface area (Å²) in [5.74, 6) is -1.41. The molecule has 10 heteroatoms. The summed E-state index contributed by atoms with van der Waals surface area (Å²) >= 11 is 0. The molecule has 0 aliphatic carbocycles. The summed E-state index contributed by atoms with van der Waals surface area (Å²) < 4.78 is 11.7. The number of nitro groups is 1. The van der Waals surface area contributed by atoms with E-state index < -0.39 is 28.8 Å². The van der Waals surface area contributed by atoms with Crippen LogP contribution in [0.1, 0.15) is 34.3 Å². The Balaban J connectivity index is 1.94. The minimum absolute atomic E-state index is 0.00488. The third-order valence-electron chi connectivity index (χ3n) is 4.91. The first kappa shape index (κ1) is 21.0. The Morgan fingerprint density at radius 3 is 2.83 bits per heavy atom. The van der Waals surface area contributed by atoms with Crippen LogP contribution in [0.2, 0.25) is 0 Å². The first-order valence-electron chi connectivity index (χ1n) is 9.22. The van der Waals surface area contributed by atoms with Crippen LogP contribution in [0.3, 0.4) is 0 Å². The number of ether oxygens (including phenoxy) is 2. The molecule has 0 amide bonds. The van der Waals surface area contributed by atoms with Gasteiger partial charge in [0.1, 0.15) is 11.6 Å². The second kappa shape index (κ2) is 8.75. The van der Waals surface area contributed by atoms with Gasteiger partial charge in [0.25, 0.3) is 5.56 Å². The minimum Gasteiger partial charge on any atom is -0.494 e. The highest BCUT2D eigenvalue weighted by Crippen LogP contribution is 2.28. The van der Waals surface area contributed by atoms with E-state index in [2.05, 4.69) is 0 Å². The average Bonchev–Trinajstić information content (AvgIpc) is 3.23. The Morgan fingerprint density at radius 1 is 1.47 bits per heavy atom. The monoisotopic (exact) mass is 413 g/mol. The Kier molecular flexibility index (Phi) is 6.13. The van der Waals surface area contributed by atoms with Crippen molar-refractivity contribution in [2.24, 2.45) is 0 Å². The van der Waals surface area contributed by atoms with Crippen molar-refractivity contribution in [3.8, 4) is 17.7 Å². The molecule has 2 aromatic rings. The van der Waals surface area contributed by atoms with Gasteiger partial charge in [0.15, 0.2) is 12.4 Å². The molecule has 1 saturated heterocycles. The van der Waals surface area contributed by atoms with Crippen molar-refractivity contribution in [1.82, 2.24) is 4.57 Å². The van der Waals surface area contributed by atoms with E-state index in [4.69, 9.17) is 9.47 Å². The number of Topliss-reactive ketones (excluding diaryl/α,β-unsaturated/α-hetero) is 1. The molecule has 0 spiro atoms. The highest BCUT2D eigenvalue weighted by atomic mass is 16.6. The van der Waals surface area contributed by atoms with Gasteiger partial charge >= 0.3 is 5.69 Å². The predicted molar refractivity (Wildman–Crippen MR) is 104 cm³/mol. The number of hydrogen-bond acceptors (Lipinski definition) is 8. The number of carbonyl (C=O) groups excluding carboxylic acids is 1. The van der Waals surface area contributed by atoms with Gasteiger partial charge in [-0.3, -0.25) is 24.3 Å². The van der Waals surface area contributed by atoms with Crippen LogP contribution in [0.5, 0.6) is 11.6 Å². The van der Waals surface area contributed by atoms with Crippen LogP contribution in [0, 0.1) is 28.4 Å². The molecule has 1 N–H and O–H groups in total. The second-order valence-electron chi connectivity index (χ2n) is 6.80. The van der Waals surface area contributed by atoms with Crippen molar-refractivity contribution in [2.45, 2.75) is 32.4 Å². The highest BCUT2D eigenvalue weighted by molar-refractivity contribution is 6.01. The number of hydrogen-bond donors (Lipinski definition) is 1. The quantitative estimate of drug-likeness (QED) is 0.413. The summed E-state index contributed by atoms with van der Waals surface area (Å²) in [6.07, 6.45) is 1.19. The minimum atomic E-state index is -0.722. The fourth-order valence-corrected chi connectivity index (χ4v) is 3.39. The molecule has 1 aromatic carbocycles. The molecule has 0 radical (unpaired) electrons. The first-order valence-corrected chi connectivity index (χ1v) is 9.22. The van der Waals surface area contributed by atoms with E-state index in [1.54, 1.807) is 6.07 Å². The van der Waals surface area contributed by atoms with E-state index in [-0.39, 0.29) is 40.8 Å². The Morgan fingerprint density at radius 2 is 2.20 bits per heavy atom. The lowest BCUT2D eigenvalue weighted by Gasteiger charge is -2.18. The average molecular weight is 413 g/mol. The fraction of sp³-hybridized carbons (Fsp3) is 0.350. The maximum atomic E-state index is 12.8. The molecule has 3 rings (SSSR count). The number of rotatable bonds is 7. The summed E-state index contributed by atoms with van der Waals surface area (Å²) in [5.41, 5.74) is -1.49. The third-order valence-corrected chi connectivity index (χ3v) is 4.91.